The molecule has 0 fully saturated rings. The van der Waals surface area contributed by atoms with E-state index in [1.165, 1.54) is 0 Å². The predicted octanol–water partition coefficient (Wildman–Crippen LogP) is 5.70. The van der Waals surface area contributed by atoms with Gasteiger partial charge in [0.25, 0.3) is 0 Å². The molecule has 170 valence electrons. The van der Waals surface area contributed by atoms with E-state index in [0.717, 1.165) is 45.6 Å². The Bertz CT molecular complexity index is 1240. The van der Waals surface area contributed by atoms with Crippen LogP contribution in [-0.2, 0) is 4.74 Å². The van der Waals surface area contributed by atoms with Crippen molar-refractivity contribution >= 4 is 23.4 Å². The molecule has 7 nitrogen and oxygen atoms in total. The van der Waals surface area contributed by atoms with Crippen LogP contribution < -0.4 is 0 Å². The Labute approximate surface area is 196 Å². The lowest BCUT2D eigenvalue weighted by molar-refractivity contribution is 0.0488. The summed E-state index contributed by atoms with van der Waals surface area (Å²) in [5, 5.41) is 25.2. The van der Waals surface area contributed by atoms with Crippen LogP contribution in [0.4, 0.5) is 0 Å². The average molecular weight is 464 g/mol. The number of esters is 1. The topological polar surface area (TPSA) is 97.0 Å². The van der Waals surface area contributed by atoms with Crippen molar-refractivity contribution in [1.29, 1.82) is 0 Å². The van der Waals surface area contributed by atoms with Gasteiger partial charge in [-0.25, -0.2) is 4.79 Å². The molecule has 2 N–H and O–H groups in total. The second-order valence-electron chi connectivity index (χ2n) is 7.56. The summed E-state index contributed by atoms with van der Waals surface area (Å²) < 4.78 is 6.33. The lowest BCUT2D eigenvalue weighted by Crippen LogP contribution is -2.10. The molecule has 0 aliphatic carbocycles. The summed E-state index contributed by atoms with van der Waals surface area (Å²) in [4.78, 5) is 18.7. The number of fused-ring (bicyclic) bond motifs is 1. The number of carbonyl (C=O) groups is 1. The van der Waals surface area contributed by atoms with Crippen LogP contribution in [0.25, 0.3) is 16.8 Å². The number of aromatic hydroxyl groups is 2. The first-order chi connectivity index (χ1) is 16.1. The highest BCUT2D eigenvalue weighted by molar-refractivity contribution is 7.99. The van der Waals surface area contributed by atoms with Gasteiger partial charge in [-0.1, -0.05) is 68.3 Å². The summed E-state index contributed by atoms with van der Waals surface area (Å²) >= 11 is 1.65. The molecule has 2 aromatic heterocycles. The third-order valence-electron chi connectivity index (χ3n) is 5.18. The molecule has 8 heteroatoms. The third kappa shape index (κ3) is 5.12. The van der Waals surface area contributed by atoms with E-state index in [-0.39, 0.29) is 17.8 Å². The van der Waals surface area contributed by atoms with Crippen LogP contribution in [0.3, 0.4) is 0 Å². The average Bonchev–Trinajstić information content (AvgIpc) is 3.24. The van der Waals surface area contributed by atoms with Gasteiger partial charge in [0.2, 0.25) is 11.8 Å². The fourth-order valence-electron chi connectivity index (χ4n) is 3.45. The molecule has 0 amide bonds. The summed E-state index contributed by atoms with van der Waals surface area (Å²) in [5.74, 6) is -1.91. The molecule has 0 radical (unpaired) electrons. The number of rotatable bonds is 9. The van der Waals surface area contributed by atoms with E-state index in [0.29, 0.717) is 5.56 Å². The van der Waals surface area contributed by atoms with E-state index in [2.05, 4.69) is 17.0 Å². The number of benzene rings is 2. The standard InChI is InChI=1S/C25H25N3O4S/c1-2-3-4-8-15-32-25(31)21-23(29)27-22-20(16-26-28(22)24(21)30)17-11-13-19(14-12-17)33-18-9-6-5-7-10-18/h5-7,9-14,16,30H,2-4,8,15H2,1H3,(H,27,29). The fourth-order valence-corrected chi connectivity index (χ4v) is 4.28. The smallest absolute Gasteiger partial charge is 0.349 e. The van der Waals surface area contributed by atoms with Crippen molar-refractivity contribution in [3.8, 4) is 22.9 Å². The Kier molecular flexibility index (Phi) is 7.14. The normalized spacial score (nSPS) is 11.1. The van der Waals surface area contributed by atoms with E-state index in [1.54, 1.807) is 18.0 Å². The first-order valence-electron chi connectivity index (χ1n) is 10.9. The summed E-state index contributed by atoms with van der Waals surface area (Å²) in [6.45, 7) is 2.31. The molecule has 0 unspecified atom stereocenters. The van der Waals surface area contributed by atoms with E-state index in [9.17, 15) is 15.0 Å². The lowest BCUT2D eigenvalue weighted by atomic mass is 10.1. The zero-order chi connectivity index (χ0) is 23.2. The summed E-state index contributed by atoms with van der Waals surface area (Å²) in [6.07, 6.45) is 5.35. The van der Waals surface area contributed by atoms with Gasteiger partial charge in [0, 0.05) is 15.4 Å². The molecule has 0 aliphatic heterocycles. The van der Waals surface area contributed by atoms with Crippen molar-refractivity contribution in [3.05, 3.63) is 66.4 Å². The van der Waals surface area contributed by atoms with Gasteiger partial charge in [-0.2, -0.15) is 14.6 Å². The minimum atomic E-state index is -0.824. The van der Waals surface area contributed by atoms with Gasteiger partial charge in [0.05, 0.1) is 12.8 Å². The van der Waals surface area contributed by atoms with Crippen molar-refractivity contribution in [2.75, 3.05) is 6.61 Å². The Morgan fingerprint density at radius 3 is 2.45 bits per heavy atom. The van der Waals surface area contributed by atoms with Crippen molar-refractivity contribution in [3.63, 3.8) is 0 Å². The third-order valence-corrected chi connectivity index (χ3v) is 6.20. The molecule has 0 saturated heterocycles. The van der Waals surface area contributed by atoms with Gasteiger partial charge in [-0.05, 0) is 36.2 Å². The van der Waals surface area contributed by atoms with Crippen molar-refractivity contribution < 1.29 is 19.7 Å². The lowest BCUT2D eigenvalue weighted by Gasteiger charge is -2.09. The number of ether oxygens (including phenoxy) is 1. The van der Waals surface area contributed by atoms with E-state index < -0.39 is 17.7 Å². The van der Waals surface area contributed by atoms with Crippen LogP contribution in [0.5, 0.6) is 11.8 Å². The van der Waals surface area contributed by atoms with E-state index >= 15 is 0 Å². The van der Waals surface area contributed by atoms with Gasteiger partial charge in [-0.3, -0.25) is 0 Å². The summed E-state index contributed by atoms with van der Waals surface area (Å²) in [5.41, 5.74) is 1.30. The molecule has 2 heterocycles. The van der Waals surface area contributed by atoms with Crippen LogP contribution in [0.15, 0.2) is 70.6 Å². The second kappa shape index (κ2) is 10.4. The highest BCUT2D eigenvalue weighted by Crippen LogP contribution is 2.34. The number of hydrogen-bond acceptors (Lipinski definition) is 7. The van der Waals surface area contributed by atoms with Crippen molar-refractivity contribution in [2.24, 2.45) is 0 Å². The molecule has 0 atom stereocenters. The van der Waals surface area contributed by atoms with Gasteiger partial charge >= 0.3 is 5.97 Å². The van der Waals surface area contributed by atoms with Crippen LogP contribution >= 0.6 is 11.8 Å². The number of hydrogen-bond donors (Lipinski definition) is 2. The van der Waals surface area contributed by atoms with Crippen molar-refractivity contribution in [2.45, 2.75) is 42.4 Å². The largest absolute Gasteiger partial charge is 0.492 e. The molecule has 0 saturated carbocycles. The maximum absolute atomic E-state index is 12.4. The highest BCUT2D eigenvalue weighted by atomic mass is 32.2. The Morgan fingerprint density at radius 1 is 1.00 bits per heavy atom. The van der Waals surface area contributed by atoms with E-state index in [1.807, 2.05) is 54.6 Å². The molecule has 2 aromatic carbocycles. The van der Waals surface area contributed by atoms with Gasteiger partial charge in [0.1, 0.15) is 0 Å². The minimum Gasteiger partial charge on any atom is -0.492 e. The molecular weight excluding hydrogens is 438 g/mol. The van der Waals surface area contributed by atoms with Crippen LogP contribution in [0, 0.1) is 0 Å². The molecule has 4 rings (SSSR count). The van der Waals surface area contributed by atoms with Gasteiger partial charge in [0.15, 0.2) is 11.2 Å². The quantitative estimate of drug-likeness (QED) is 0.243. The van der Waals surface area contributed by atoms with Crippen LogP contribution in [0.2, 0.25) is 0 Å². The highest BCUT2D eigenvalue weighted by Gasteiger charge is 2.25. The van der Waals surface area contributed by atoms with Crippen LogP contribution in [0.1, 0.15) is 43.0 Å². The molecule has 4 aromatic rings. The number of carbonyl (C=O) groups excluding carboxylic acids is 1. The predicted molar refractivity (Wildman–Crippen MR) is 127 cm³/mol. The van der Waals surface area contributed by atoms with Gasteiger partial charge in [-0.15, -0.1) is 0 Å². The second-order valence-corrected chi connectivity index (χ2v) is 8.71. The number of nitrogens with zero attached hydrogens (tertiary/aromatic N) is 3. The van der Waals surface area contributed by atoms with Crippen molar-refractivity contribution in [1.82, 2.24) is 14.6 Å². The zero-order valence-corrected chi connectivity index (χ0v) is 19.1. The Hall–Kier alpha value is -3.52. The molecule has 33 heavy (non-hydrogen) atoms. The summed E-state index contributed by atoms with van der Waals surface area (Å²) in [6, 6.07) is 17.9. The minimum absolute atomic E-state index is 0.216. The molecule has 0 spiro atoms. The molecule has 0 aliphatic rings. The summed E-state index contributed by atoms with van der Waals surface area (Å²) in [7, 11) is 0. The Balaban J connectivity index is 1.55. The van der Waals surface area contributed by atoms with E-state index in [4.69, 9.17) is 4.74 Å². The SMILES string of the molecule is CCCCCCOC(=O)c1c(O)nc2c(-c3ccc(Sc4ccccc4)cc3)cnn2c1O. The van der Waals surface area contributed by atoms with Crippen LogP contribution in [-0.4, -0.2) is 37.4 Å². The number of unbranched alkanes of at least 4 members (excludes halogenated alkanes) is 3. The fraction of sp³-hybridized carbons (Fsp3) is 0.240. The maximum Gasteiger partial charge on any atom is 0.349 e. The molecular formula is C25H25N3O4S. The first kappa shape index (κ1) is 22.7. The first-order valence-corrected chi connectivity index (χ1v) is 11.7. The monoisotopic (exact) mass is 463 g/mol. The zero-order valence-electron chi connectivity index (χ0n) is 18.3. The number of aromatic nitrogens is 3. The van der Waals surface area contributed by atoms with Gasteiger partial charge < -0.3 is 14.9 Å². The molecule has 0 bridgehead atoms. The Morgan fingerprint density at radius 2 is 1.73 bits per heavy atom. The maximum atomic E-state index is 12.4.